The Morgan fingerprint density at radius 3 is 2.89 bits per heavy atom. The average molecular weight is 249 g/mol. The van der Waals surface area contributed by atoms with Crippen LogP contribution in [0.15, 0.2) is 18.3 Å². The fourth-order valence-electron chi connectivity index (χ4n) is 1.67. The van der Waals surface area contributed by atoms with E-state index in [9.17, 15) is 14.4 Å². The molecular weight excluding hydrogens is 238 g/mol. The molecule has 7 heteroatoms. The second-order valence-corrected chi connectivity index (χ2v) is 3.88. The van der Waals surface area contributed by atoms with Crippen LogP contribution in [0, 0.1) is 0 Å². The summed E-state index contributed by atoms with van der Waals surface area (Å²) in [5, 5.41) is 13.8. The van der Waals surface area contributed by atoms with Crippen LogP contribution in [0.4, 0.5) is 5.69 Å². The first-order valence-corrected chi connectivity index (χ1v) is 5.36. The lowest BCUT2D eigenvalue weighted by Gasteiger charge is -2.10. The lowest BCUT2D eigenvalue weighted by atomic mass is 10.2. The minimum atomic E-state index is -1.17. The number of carbonyl (C=O) groups is 3. The van der Waals surface area contributed by atoms with Crippen molar-refractivity contribution in [1.82, 2.24) is 10.3 Å². The van der Waals surface area contributed by atoms with E-state index in [4.69, 9.17) is 5.11 Å². The Balaban J connectivity index is 2.05. The Kier molecular flexibility index (Phi) is 3.22. The zero-order valence-electron chi connectivity index (χ0n) is 9.34. The van der Waals surface area contributed by atoms with E-state index in [0.717, 1.165) is 0 Å². The van der Waals surface area contributed by atoms with E-state index in [1.165, 1.54) is 18.3 Å². The van der Waals surface area contributed by atoms with Gasteiger partial charge < -0.3 is 15.7 Å². The zero-order chi connectivity index (χ0) is 13.1. The summed E-state index contributed by atoms with van der Waals surface area (Å²) in [6.07, 6.45) is 2.07. The number of nitrogens with one attached hydrogen (secondary N) is 2. The summed E-state index contributed by atoms with van der Waals surface area (Å²) < 4.78 is 0. The topological polar surface area (TPSA) is 108 Å². The molecule has 0 aliphatic carbocycles. The molecule has 18 heavy (non-hydrogen) atoms. The maximum Gasteiger partial charge on any atom is 0.354 e. The van der Waals surface area contributed by atoms with Gasteiger partial charge >= 0.3 is 5.97 Å². The van der Waals surface area contributed by atoms with E-state index in [1.807, 2.05) is 0 Å². The molecule has 0 saturated carbocycles. The number of rotatable bonds is 3. The predicted molar refractivity (Wildman–Crippen MR) is 61.0 cm³/mol. The second-order valence-electron chi connectivity index (χ2n) is 3.88. The van der Waals surface area contributed by atoms with E-state index < -0.39 is 12.0 Å². The van der Waals surface area contributed by atoms with Gasteiger partial charge in [-0.05, 0) is 18.6 Å². The van der Waals surface area contributed by atoms with Crippen molar-refractivity contribution >= 4 is 23.5 Å². The van der Waals surface area contributed by atoms with Gasteiger partial charge in [-0.1, -0.05) is 0 Å². The van der Waals surface area contributed by atoms with Gasteiger partial charge in [0.25, 0.3) is 0 Å². The number of aromatic nitrogens is 1. The van der Waals surface area contributed by atoms with E-state index in [1.54, 1.807) is 0 Å². The maximum atomic E-state index is 11.7. The monoisotopic (exact) mass is 249 g/mol. The van der Waals surface area contributed by atoms with Gasteiger partial charge in [-0.25, -0.2) is 9.78 Å². The molecule has 1 aromatic heterocycles. The molecule has 3 N–H and O–H groups in total. The third-order valence-electron chi connectivity index (χ3n) is 2.56. The van der Waals surface area contributed by atoms with Crippen molar-refractivity contribution in [3.8, 4) is 0 Å². The van der Waals surface area contributed by atoms with Gasteiger partial charge in [0, 0.05) is 18.3 Å². The van der Waals surface area contributed by atoms with Crippen molar-refractivity contribution < 1.29 is 19.5 Å². The van der Waals surface area contributed by atoms with Crippen LogP contribution in [0.2, 0.25) is 0 Å². The number of carboxylic acid groups (broad SMARTS) is 1. The van der Waals surface area contributed by atoms with Gasteiger partial charge in [0.05, 0.1) is 0 Å². The van der Waals surface area contributed by atoms with E-state index >= 15 is 0 Å². The van der Waals surface area contributed by atoms with Crippen LogP contribution in [-0.2, 0) is 9.59 Å². The van der Waals surface area contributed by atoms with E-state index in [-0.39, 0.29) is 17.5 Å². The Morgan fingerprint density at radius 1 is 1.50 bits per heavy atom. The van der Waals surface area contributed by atoms with Crippen LogP contribution in [0.5, 0.6) is 0 Å². The standard InChI is InChI=1S/C11H11N3O4/c15-9-2-1-7(14-9)10(16)13-6-3-4-12-8(5-6)11(17)18/h3-5,7H,1-2H2,(H,14,15)(H,17,18)(H,12,13,16)/t7-/m0/s1. The van der Waals surface area contributed by atoms with Crippen molar-refractivity contribution in [2.75, 3.05) is 5.32 Å². The molecule has 7 nitrogen and oxygen atoms in total. The molecule has 0 spiro atoms. The van der Waals surface area contributed by atoms with Gasteiger partial charge in [-0.3, -0.25) is 9.59 Å². The molecule has 1 saturated heterocycles. The summed E-state index contributed by atoms with van der Waals surface area (Å²) in [5.74, 6) is -1.68. The third-order valence-corrected chi connectivity index (χ3v) is 2.56. The molecule has 1 fully saturated rings. The molecule has 2 rings (SSSR count). The SMILES string of the molecule is O=C1CC[C@@H](C(=O)Nc2ccnc(C(=O)O)c2)N1. The smallest absolute Gasteiger partial charge is 0.354 e. The van der Waals surface area contributed by atoms with Crippen molar-refractivity contribution in [2.45, 2.75) is 18.9 Å². The van der Waals surface area contributed by atoms with Crippen LogP contribution < -0.4 is 10.6 Å². The summed E-state index contributed by atoms with van der Waals surface area (Å²) in [4.78, 5) is 37.1. The molecule has 2 amide bonds. The molecule has 94 valence electrons. The lowest BCUT2D eigenvalue weighted by molar-refractivity contribution is -0.122. The van der Waals surface area contributed by atoms with Crippen LogP contribution in [0.25, 0.3) is 0 Å². The number of anilines is 1. The highest BCUT2D eigenvalue weighted by Gasteiger charge is 2.27. The van der Waals surface area contributed by atoms with E-state index in [2.05, 4.69) is 15.6 Å². The van der Waals surface area contributed by atoms with Crippen molar-refractivity contribution in [1.29, 1.82) is 0 Å². The maximum absolute atomic E-state index is 11.7. The number of amides is 2. The minimum absolute atomic E-state index is 0.150. The number of nitrogens with zero attached hydrogens (tertiary/aromatic N) is 1. The van der Waals surface area contributed by atoms with Crippen LogP contribution in [0.3, 0.4) is 0 Å². The Hall–Kier alpha value is -2.44. The molecule has 0 bridgehead atoms. The van der Waals surface area contributed by atoms with Gasteiger partial charge in [-0.15, -0.1) is 0 Å². The highest BCUT2D eigenvalue weighted by molar-refractivity contribution is 5.99. The zero-order valence-corrected chi connectivity index (χ0v) is 9.34. The molecule has 0 unspecified atom stereocenters. The van der Waals surface area contributed by atoms with Gasteiger partial charge in [0.15, 0.2) is 0 Å². The first-order chi connectivity index (χ1) is 8.56. The van der Waals surface area contributed by atoms with Gasteiger partial charge in [0.1, 0.15) is 11.7 Å². The van der Waals surface area contributed by atoms with Gasteiger partial charge in [-0.2, -0.15) is 0 Å². The van der Waals surface area contributed by atoms with Crippen molar-refractivity contribution in [2.24, 2.45) is 0 Å². The third kappa shape index (κ3) is 2.62. The normalized spacial score (nSPS) is 18.2. The first kappa shape index (κ1) is 12.0. The molecule has 1 atom stereocenters. The Morgan fingerprint density at radius 2 is 2.28 bits per heavy atom. The van der Waals surface area contributed by atoms with Crippen LogP contribution in [0.1, 0.15) is 23.3 Å². The molecule has 2 heterocycles. The van der Waals surface area contributed by atoms with E-state index in [0.29, 0.717) is 18.5 Å². The minimum Gasteiger partial charge on any atom is -0.477 e. The average Bonchev–Trinajstić information content (AvgIpc) is 2.76. The number of hydrogen-bond donors (Lipinski definition) is 3. The number of hydrogen-bond acceptors (Lipinski definition) is 4. The summed E-state index contributed by atoms with van der Waals surface area (Å²) in [7, 11) is 0. The highest BCUT2D eigenvalue weighted by Crippen LogP contribution is 2.12. The fourth-order valence-corrected chi connectivity index (χ4v) is 1.67. The Labute approximate surface area is 102 Å². The second kappa shape index (κ2) is 4.82. The Bertz CT molecular complexity index is 515. The molecule has 0 radical (unpaired) electrons. The summed E-state index contributed by atoms with van der Waals surface area (Å²) in [6.45, 7) is 0. The molecule has 1 aliphatic heterocycles. The van der Waals surface area contributed by atoms with Crippen molar-refractivity contribution in [3.05, 3.63) is 24.0 Å². The number of aromatic carboxylic acids is 1. The van der Waals surface area contributed by atoms with Gasteiger partial charge in [0.2, 0.25) is 11.8 Å². The molecule has 1 aliphatic rings. The summed E-state index contributed by atoms with van der Waals surface area (Å²) >= 11 is 0. The molecule has 0 aromatic carbocycles. The van der Waals surface area contributed by atoms with Crippen LogP contribution in [-0.4, -0.2) is 33.9 Å². The summed E-state index contributed by atoms with van der Waals surface area (Å²) in [6, 6.07) is 2.19. The highest BCUT2D eigenvalue weighted by atomic mass is 16.4. The first-order valence-electron chi connectivity index (χ1n) is 5.36. The quantitative estimate of drug-likeness (QED) is 0.698. The fraction of sp³-hybridized carbons (Fsp3) is 0.273. The number of carbonyl (C=O) groups excluding carboxylic acids is 2. The lowest BCUT2D eigenvalue weighted by Crippen LogP contribution is -2.37. The predicted octanol–water partition coefficient (Wildman–Crippen LogP) is -0.00310. The summed E-state index contributed by atoms with van der Waals surface area (Å²) in [5.41, 5.74) is 0.191. The van der Waals surface area contributed by atoms with Crippen LogP contribution >= 0.6 is 0 Å². The van der Waals surface area contributed by atoms with Crippen molar-refractivity contribution in [3.63, 3.8) is 0 Å². The number of pyridine rings is 1. The largest absolute Gasteiger partial charge is 0.477 e. The number of carboxylic acids is 1. The molecular formula is C11H11N3O4. The molecule has 1 aromatic rings.